The van der Waals surface area contributed by atoms with Crippen molar-refractivity contribution >= 4 is 32.8 Å². The second-order valence-corrected chi connectivity index (χ2v) is 6.56. The zero-order chi connectivity index (χ0) is 19.3. The molecule has 0 saturated carbocycles. The first-order valence-corrected chi connectivity index (χ1v) is 8.66. The van der Waals surface area contributed by atoms with Crippen LogP contribution in [0.3, 0.4) is 0 Å². The molecule has 0 fully saturated rings. The number of hydrogen-bond acceptors (Lipinski definition) is 4. The Morgan fingerprint density at radius 1 is 0.692 bits per heavy atom. The van der Waals surface area contributed by atoms with Gasteiger partial charge in [0, 0.05) is 0 Å². The smallest absolute Gasteiger partial charge is 0.336 e. The first kappa shape index (κ1) is 19.1. The topological polar surface area (TPSA) is 129 Å². The summed E-state index contributed by atoms with van der Waals surface area (Å²) in [4.78, 5) is 20.9. The fraction of sp³-hybridized carbons (Fsp3) is 0. The Kier molecular flexibility index (Phi) is 5.71. The Balaban J connectivity index is 0.000000190. The molecule has 0 aliphatic rings. The molecule has 0 bridgehead atoms. The molecule has 0 amide bonds. The fourth-order valence-electron chi connectivity index (χ4n) is 2.18. The summed E-state index contributed by atoms with van der Waals surface area (Å²) in [6.45, 7) is 0. The van der Waals surface area contributed by atoms with Crippen LogP contribution in [-0.2, 0) is 10.1 Å². The molecule has 0 atom stereocenters. The Bertz CT molecular complexity index is 1040. The predicted molar refractivity (Wildman–Crippen MR) is 94.1 cm³/mol. The Morgan fingerprint density at radius 2 is 1.15 bits per heavy atom. The van der Waals surface area contributed by atoms with E-state index in [1.54, 1.807) is 12.1 Å². The molecule has 134 valence electrons. The van der Waals surface area contributed by atoms with Gasteiger partial charge in [0.15, 0.2) is 0 Å². The molecule has 0 radical (unpaired) electrons. The monoisotopic (exact) mass is 374 g/mol. The Morgan fingerprint density at radius 3 is 1.62 bits per heavy atom. The lowest BCUT2D eigenvalue weighted by atomic mass is 10.1. The van der Waals surface area contributed by atoms with Crippen molar-refractivity contribution in [1.29, 1.82) is 0 Å². The van der Waals surface area contributed by atoms with E-state index in [4.69, 9.17) is 14.8 Å². The van der Waals surface area contributed by atoms with Gasteiger partial charge >= 0.3 is 11.9 Å². The number of aromatic carboxylic acids is 2. The van der Waals surface area contributed by atoms with Crippen LogP contribution in [0.25, 0.3) is 10.8 Å². The van der Waals surface area contributed by atoms with Crippen LogP contribution in [0.4, 0.5) is 0 Å². The van der Waals surface area contributed by atoms with Gasteiger partial charge in [-0.1, -0.05) is 42.5 Å². The summed E-state index contributed by atoms with van der Waals surface area (Å²) in [6, 6.07) is 17.3. The Labute approximate surface area is 148 Å². The molecule has 3 aromatic rings. The van der Waals surface area contributed by atoms with Gasteiger partial charge in [-0.25, -0.2) is 9.59 Å². The van der Waals surface area contributed by atoms with Crippen molar-refractivity contribution in [1.82, 2.24) is 0 Å². The molecule has 0 unspecified atom stereocenters. The summed E-state index contributed by atoms with van der Waals surface area (Å²) >= 11 is 0. The minimum Gasteiger partial charge on any atom is -0.478 e. The fourth-order valence-corrected chi connectivity index (χ4v) is 2.70. The van der Waals surface area contributed by atoms with E-state index in [0.717, 1.165) is 10.8 Å². The van der Waals surface area contributed by atoms with E-state index in [9.17, 15) is 18.0 Å². The van der Waals surface area contributed by atoms with E-state index in [1.807, 2.05) is 18.2 Å². The maximum Gasteiger partial charge on any atom is 0.336 e. The van der Waals surface area contributed by atoms with E-state index in [2.05, 4.69) is 0 Å². The van der Waals surface area contributed by atoms with Crippen LogP contribution in [0.15, 0.2) is 71.6 Å². The molecule has 0 aliphatic heterocycles. The van der Waals surface area contributed by atoms with Crippen molar-refractivity contribution < 1.29 is 32.8 Å². The lowest BCUT2D eigenvalue weighted by Crippen LogP contribution is -2.06. The molecule has 0 saturated heterocycles. The SMILES string of the molecule is O=C(O)c1ccccc1C(=O)O.O=S(=O)(O)c1ccc2ccccc2c1. The van der Waals surface area contributed by atoms with Crippen LogP contribution in [0, 0.1) is 0 Å². The molecule has 3 rings (SSSR count). The number of carboxylic acid groups (broad SMARTS) is 2. The third-order valence-electron chi connectivity index (χ3n) is 3.41. The third-order valence-corrected chi connectivity index (χ3v) is 4.26. The normalized spacial score (nSPS) is 10.7. The maximum atomic E-state index is 10.8. The van der Waals surface area contributed by atoms with Gasteiger partial charge in [-0.3, -0.25) is 4.55 Å². The van der Waals surface area contributed by atoms with Crippen molar-refractivity contribution in [3.8, 4) is 0 Å². The summed E-state index contributed by atoms with van der Waals surface area (Å²) in [6.07, 6.45) is 0. The van der Waals surface area contributed by atoms with Crippen molar-refractivity contribution in [2.75, 3.05) is 0 Å². The van der Waals surface area contributed by atoms with E-state index in [1.165, 1.54) is 36.4 Å². The Hall–Kier alpha value is -3.23. The minimum atomic E-state index is -4.09. The van der Waals surface area contributed by atoms with Crippen molar-refractivity contribution in [2.24, 2.45) is 0 Å². The summed E-state index contributed by atoms with van der Waals surface area (Å²) in [5.41, 5.74) is -0.380. The summed E-state index contributed by atoms with van der Waals surface area (Å²) in [7, 11) is -4.09. The van der Waals surface area contributed by atoms with Gasteiger partial charge < -0.3 is 10.2 Å². The van der Waals surface area contributed by atoms with Gasteiger partial charge in [0.2, 0.25) is 0 Å². The minimum absolute atomic E-state index is 0.0730. The van der Waals surface area contributed by atoms with E-state index >= 15 is 0 Å². The van der Waals surface area contributed by atoms with Crippen LogP contribution in [0.2, 0.25) is 0 Å². The number of carbonyl (C=O) groups is 2. The highest BCUT2D eigenvalue weighted by Crippen LogP contribution is 2.18. The van der Waals surface area contributed by atoms with Gasteiger partial charge in [0.1, 0.15) is 0 Å². The summed E-state index contributed by atoms with van der Waals surface area (Å²) in [5.74, 6) is -2.46. The molecular weight excluding hydrogens is 360 g/mol. The second kappa shape index (κ2) is 7.77. The highest BCUT2D eigenvalue weighted by Gasteiger charge is 2.13. The maximum absolute atomic E-state index is 10.8. The molecule has 0 aromatic heterocycles. The number of carboxylic acids is 2. The van der Waals surface area contributed by atoms with Gasteiger partial charge in [-0.2, -0.15) is 8.42 Å². The third kappa shape index (κ3) is 4.65. The molecule has 26 heavy (non-hydrogen) atoms. The number of rotatable bonds is 3. The van der Waals surface area contributed by atoms with Crippen LogP contribution in [-0.4, -0.2) is 35.1 Å². The highest BCUT2D eigenvalue weighted by atomic mass is 32.2. The predicted octanol–water partition coefficient (Wildman–Crippen LogP) is 3.17. The molecule has 0 aliphatic carbocycles. The van der Waals surface area contributed by atoms with E-state index in [0.29, 0.717) is 0 Å². The van der Waals surface area contributed by atoms with Crippen LogP contribution >= 0.6 is 0 Å². The van der Waals surface area contributed by atoms with Crippen molar-refractivity contribution in [2.45, 2.75) is 4.90 Å². The average molecular weight is 374 g/mol. The van der Waals surface area contributed by atoms with Gasteiger partial charge in [0.05, 0.1) is 16.0 Å². The summed E-state index contributed by atoms with van der Waals surface area (Å²) < 4.78 is 30.5. The lowest BCUT2D eigenvalue weighted by Gasteiger charge is -1.99. The van der Waals surface area contributed by atoms with Crippen LogP contribution in [0.5, 0.6) is 0 Å². The first-order valence-electron chi connectivity index (χ1n) is 7.22. The second-order valence-electron chi connectivity index (χ2n) is 5.14. The van der Waals surface area contributed by atoms with Crippen LogP contribution < -0.4 is 0 Å². The number of fused-ring (bicyclic) bond motifs is 1. The standard InChI is InChI=1S/C10H8O3S.C8H6O4/c11-14(12,13)10-6-5-8-3-1-2-4-9(8)7-10;9-7(10)5-3-1-2-4-6(5)8(11)12/h1-7H,(H,11,12,13);1-4H,(H,9,10)(H,11,12). The molecule has 3 aromatic carbocycles. The van der Waals surface area contributed by atoms with E-state index < -0.39 is 22.1 Å². The van der Waals surface area contributed by atoms with Crippen LogP contribution in [0.1, 0.15) is 20.7 Å². The van der Waals surface area contributed by atoms with Crippen molar-refractivity contribution in [3.05, 3.63) is 77.9 Å². The number of hydrogen-bond donors (Lipinski definition) is 3. The largest absolute Gasteiger partial charge is 0.478 e. The molecular formula is C18H14O7S. The first-order chi connectivity index (χ1) is 12.2. The van der Waals surface area contributed by atoms with Gasteiger partial charge in [-0.05, 0) is 35.0 Å². The zero-order valence-corrected chi connectivity index (χ0v) is 14.1. The zero-order valence-electron chi connectivity index (χ0n) is 13.2. The molecule has 0 spiro atoms. The summed E-state index contributed by atoms with van der Waals surface area (Å²) in [5, 5.41) is 18.8. The molecule has 0 heterocycles. The van der Waals surface area contributed by atoms with E-state index in [-0.39, 0.29) is 16.0 Å². The molecule has 3 N–H and O–H groups in total. The van der Waals surface area contributed by atoms with Crippen molar-refractivity contribution in [3.63, 3.8) is 0 Å². The highest BCUT2D eigenvalue weighted by molar-refractivity contribution is 7.85. The average Bonchev–Trinajstić information content (AvgIpc) is 2.61. The molecule has 7 nitrogen and oxygen atoms in total. The van der Waals surface area contributed by atoms with Gasteiger partial charge in [0.25, 0.3) is 10.1 Å². The lowest BCUT2D eigenvalue weighted by molar-refractivity contribution is 0.0651. The molecule has 8 heteroatoms. The quantitative estimate of drug-likeness (QED) is 0.600. The number of benzene rings is 3. The van der Waals surface area contributed by atoms with Gasteiger partial charge in [-0.15, -0.1) is 0 Å².